The average Bonchev–Trinajstić information content (AvgIpc) is 2.94. The van der Waals surface area contributed by atoms with Crippen LogP contribution >= 0.6 is 27.3 Å². The van der Waals surface area contributed by atoms with Crippen LogP contribution in [-0.4, -0.2) is 23.2 Å². The van der Waals surface area contributed by atoms with E-state index in [1.54, 1.807) is 13.2 Å². The lowest BCUT2D eigenvalue weighted by Crippen LogP contribution is -2.12. The smallest absolute Gasteiger partial charge is 0.445 e. The summed E-state index contributed by atoms with van der Waals surface area (Å²) < 4.78 is 43.0. The number of nitrogens with one attached hydrogen (secondary N) is 1. The molecule has 0 aliphatic heterocycles. The number of aryl methyl sites for hydroxylation is 1. The van der Waals surface area contributed by atoms with Gasteiger partial charge in [0, 0.05) is 6.42 Å². The van der Waals surface area contributed by atoms with Gasteiger partial charge in [-0.1, -0.05) is 17.4 Å². The van der Waals surface area contributed by atoms with Crippen LogP contribution in [0, 0.1) is 0 Å². The lowest BCUT2D eigenvalue weighted by atomic mass is 10.1. The van der Waals surface area contributed by atoms with E-state index in [4.69, 9.17) is 4.74 Å². The first-order valence-corrected chi connectivity index (χ1v) is 7.93. The van der Waals surface area contributed by atoms with Gasteiger partial charge >= 0.3 is 6.18 Å². The molecule has 10 heteroatoms. The molecule has 0 saturated carbocycles. The van der Waals surface area contributed by atoms with Gasteiger partial charge in [-0.05, 0) is 40.0 Å². The molecule has 1 N–H and O–H groups in total. The number of ether oxygens (including phenoxy) is 1. The van der Waals surface area contributed by atoms with Gasteiger partial charge < -0.3 is 10.1 Å². The van der Waals surface area contributed by atoms with Crippen molar-refractivity contribution in [1.29, 1.82) is 0 Å². The number of anilines is 1. The maximum absolute atomic E-state index is 12.4. The molecule has 1 aromatic heterocycles. The van der Waals surface area contributed by atoms with Crippen LogP contribution in [-0.2, 0) is 17.4 Å². The number of alkyl halides is 3. The summed E-state index contributed by atoms with van der Waals surface area (Å²) in [7, 11) is 1.55. The summed E-state index contributed by atoms with van der Waals surface area (Å²) in [5, 5.41) is 7.36. The first-order valence-electron chi connectivity index (χ1n) is 6.32. The lowest BCUT2D eigenvalue weighted by Gasteiger charge is -2.06. The molecule has 0 radical (unpaired) electrons. The molecular weight excluding hydrogens is 399 g/mol. The quantitative estimate of drug-likeness (QED) is 0.813. The second-order valence-corrected chi connectivity index (χ2v) is 6.26. The number of nitrogens with zero attached hydrogens (tertiary/aromatic N) is 2. The van der Waals surface area contributed by atoms with Crippen LogP contribution in [0.15, 0.2) is 22.7 Å². The third kappa shape index (κ3) is 4.90. The Hall–Kier alpha value is -1.68. The van der Waals surface area contributed by atoms with Gasteiger partial charge in [-0.2, -0.15) is 13.2 Å². The second-order valence-electron chi connectivity index (χ2n) is 4.43. The minimum Gasteiger partial charge on any atom is -0.496 e. The minimum atomic E-state index is -4.56. The molecule has 2 aromatic rings. The highest BCUT2D eigenvalue weighted by Crippen LogP contribution is 2.33. The summed E-state index contributed by atoms with van der Waals surface area (Å²) in [6.45, 7) is 0. The predicted octanol–water partition coefficient (Wildman–Crippen LogP) is 3.90. The summed E-state index contributed by atoms with van der Waals surface area (Å²) in [6.07, 6.45) is -4.02. The van der Waals surface area contributed by atoms with Gasteiger partial charge in [-0.15, -0.1) is 10.2 Å². The van der Waals surface area contributed by atoms with Crippen molar-refractivity contribution in [2.45, 2.75) is 19.0 Å². The first-order chi connectivity index (χ1) is 10.8. The SMILES string of the molecule is COc1ccc(CCC(=O)Nc2nnc(C(F)(F)F)s2)cc1Br. The third-order valence-electron chi connectivity index (χ3n) is 2.77. The van der Waals surface area contributed by atoms with E-state index in [0.717, 1.165) is 10.0 Å². The summed E-state index contributed by atoms with van der Waals surface area (Å²) in [5.41, 5.74) is 0.890. The standard InChI is InChI=1S/C13H11BrF3N3O2S/c1-22-9-4-2-7(6-8(9)14)3-5-10(21)18-12-20-19-11(23-12)13(15,16)17/h2,4,6H,3,5H2,1H3,(H,18,20,21). The van der Waals surface area contributed by atoms with Crippen molar-refractivity contribution < 1.29 is 22.7 Å². The number of benzene rings is 1. The fourth-order valence-electron chi connectivity index (χ4n) is 1.69. The van der Waals surface area contributed by atoms with Gasteiger partial charge in [-0.25, -0.2) is 0 Å². The summed E-state index contributed by atoms with van der Waals surface area (Å²) in [4.78, 5) is 11.8. The lowest BCUT2D eigenvalue weighted by molar-refractivity contribution is -0.138. The molecule has 0 aliphatic rings. The molecule has 0 unspecified atom stereocenters. The summed E-state index contributed by atoms with van der Waals surface area (Å²) in [5.74, 6) is 0.244. The molecule has 2 rings (SSSR count). The van der Waals surface area contributed by atoms with Crippen molar-refractivity contribution in [1.82, 2.24) is 10.2 Å². The number of halogens is 4. The van der Waals surface area contributed by atoms with Crippen molar-refractivity contribution in [3.8, 4) is 5.75 Å². The van der Waals surface area contributed by atoms with E-state index in [-0.39, 0.29) is 11.6 Å². The van der Waals surface area contributed by atoms with Crippen LogP contribution in [0.3, 0.4) is 0 Å². The Morgan fingerprint density at radius 1 is 1.39 bits per heavy atom. The number of aromatic nitrogens is 2. The van der Waals surface area contributed by atoms with E-state index in [0.29, 0.717) is 23.5 Å². The van der Waals surface area contributed by atoms with E-state index in [1.165, 1.54) is 0 Å². The van der Waals surface area contributed by atoms with E-state index in [2.05, 4.69) is 31.4 Å². The maximum atomic E-state index is 12.4. The van der Waals surface area contributed by atoms with Crippen LogP contribution in [0.5, 0.6) is 5.75 Å². The molecule has 124 valence electrons. The molecule has 0 aliphatic carbocycles. The molecule has 0 spiro atoms. The van der Waals surface area contributed by atoms with Gasteiger partial charge in [0.05, 0.1) is 11.6 Å². The van der Waals surface area contributed by atoms with E-state index in [9.17, 15) is 18.0 Å². The number of hydrogen-bond acceptors (Lipinski definition) is 5. The Morgan fingerprint density at radius 3 is 2.70 bits per heavy atom. The maximum Gasteiger partial charge on any atom is 0.445 e. The predicted molar refractivity (Wildman–Crippen MR) is 82.6 cm³/mol. The minimum absolute atomic E-state index is 0.111. The number of amides is 1. The number of rotatable bonds is 5. The zero-order valence-electron chi connectivity index (χ0n) is 11.8. The third-order valence-corrected chi connectivity index (χ3v) is 4.27. The molecule has 23 heavy (non-hydrogen) atoms. The molecule has 0 bridgehead atoms. The first kappa shape index (κ1) is 17.7. The largest absolute Gasteiger partial charge is 0.496 e. The van der Waals surface area contributed by atoms with Gasteiger partial charge in [0.15, 0.2) is 0 Å². The molecule has 5 nitrogen and oxygen atoms in total. The van der Waals surface area contributed by atoms with E-state index in [1.807, 2.05) is 12.1 Å². The topological polar surface area (TPSA) is 64.1 Å². The van der Waals surface area contributed by atoms with Crippen molar-refractivity contribution >= 4 is 38.3 Å². The Labute approximate surface area is 142 Å². The van der Waals surface area contributed by atoms with Crippen LogP contribution in [0.25, 0.3) is 0 Å². The van der Waals surface area contributed by atoms with E-state index < -0.39 is 17.1 Å². The number of carbonyl (C=O) groups excluding carboxylic acids is 1. The number of methoxy groups -OCH3 is 1. The highest BCUT2D eigenvalue weighted by Gasteiger charge is 2.35. The highest BCUT2D eigenvalue weighted by molar-refractivity contribution is 9.10. The van der Waals surface area contributed by atoms with Crippen molar-refractivity contribution in [3.05, 3.63) is 33.2 Å². The fourth-order valence-corrected chi connectivity index (χ4v) is 2.91. The fraction of sp³-hybridized carbons (Fsp3) is 0.308. The Bertz CT molecular complexity index is 706. The zero-order chi connectivity index (χ0) is 17.0. The molecule has 1 heterocycles. The van der Waals surface area contributed by atoms with Gasteiger partial charge in [0.1, 0.15) is 5.75 Å². The zero-order valence-corrected chi connectivity index (χ0v) is 14.2. The normalized spacial score (nSPS) is 11.3. The number of carbonyl (C=O) groups is 1. The molecule has 1 aromatic carbocycles. The monoisotopic (exact) mass is 409 g/mol. The van der Waals surface area contributed by atoms with Crippen LogP contribution in [0.1, 0.15) is 17.0 Å². The Balaban J connectivity index is 1.90. The highest BCUT2D eigenvalue weighted by atomic mass is 79.9. The van der Waals surface area contributed by atoms with Crippen LogP contribution in [0.4, 0.5) is 18.3 Å². The van der Waals surface area contributed by atoms with Gasteiger partial charge in [0.2, 0.25) is 16.0 Å². The van der Waals surface area contributed by atoms with Crippen molar-refractivity contribution in [2.24, 2.45) is 0 Å². The summed E-state index contributed by atoms with van der Waals surface area (Å²) >= 11 is 3.63. The van der Waals surface area contributed by atoms with Gasteiger partial charge in [0.25, 0.3) is 0 Å². The van der Waals surface area contributed by atoms with Crippen molar-refractivity contribution in [2.75, 3.05) is 12.4 Å². The van der Waals surface area contributed by atoms with Crippen LogP contribution in [0.2, 0.25) is 0 Å². The summed E-state index contributed by atoms with van der Waals surface area (Å²) in [6, 6.07) is 5.39. The Kier molecular flexibility index (Phi) is 5.58. The average molecular weight is 410 g/mol. The molecule has 1 amide bonds. The molecule has 0 atom stereocenters. The van der Waals surface area contributed by atoms with E-state index >= 15 is 0 Å². The molecular formula is C13H11BrF3N3O2S. The molecule has 0 saturated heterocycles. The van der Waals surface area contributed by atoms with Crippen LogP contribution < -0.4 is 10.1 Å². The van der Waals surface area contributed by atoms with Gasteiger partial charge in [-0.3, -0.25) is 4.79 Å². The second kappa shape index (κ2) is 7.26. The number of hydrogen-bond donors (Lipinski definition) is 1. The Morgan fingerprint density at radius 2 is 2.13 bits per heavy atom. The van der Waals surface area contributed by atoms with Crippen molar-refractivity contribution in [3.63, 3.8) is 0 Å². The molecule has 0 fully saturated rings.